The zero-order chi connectivity index (χ0) is 30.1. The molecule has 1 aromatic carbocycles. The van der Waals surface area contributed by atoms with E-state index in [0.717, 1.165) is 42.0 Å². The van der Waals surface area contributed by atoms with E-state index in [1.807, 2.05) is 6.92 Å². The van der Waals surface area contributed by atoms with Crippen LogP contribution in [-0.2, 0) is 11.0 Å². The number of carbonyl (C=O) groups is 3. The van der Waals surface area contributed by atoms with Gasteiger partial charge in [0.25, 0.3) is 5.91 Å². The quantitative estimate of drug-likeness (QED) is 0.290. The van der Waals surface area contributed by atoms with Gasteiger partial charge in [-0.3, -0.25) is 19.4 Å². The Kier molecular flexibility index (Phi) is 9.38. The zero-order valence-corrected chi connectivity index (χ0v) is 24.5. The number of carbonyl (C=O) groups excluding carboxylic acids is 2. The number of ketones is 1. The molecule has 1 aromatic heterocycles. The molecule has 11 heteroatoms. The molecule has 0 saturated heterocycles. The molecule has 0 radical (unpaired) electrons. The smallest absolute Gasteiger partial charge is 0.417 e. The van der Waals surface area contributed by atoms with Gasteiger partial charge in [-0.25, -0.2) is 0 Å². The molecule has 1 amide bonds. The first-order valence-electron chi connectivity index (χ1n) is 13.7. The third kappa shape index (κ3) is 7.41. The number of nitrogens with zero attached hydrogens (tertiary/aromatic N) is 2. The van der Waals surface area contributed by atoms with Gasteiger partial charge < -0.3 is 10.0 Å². The van der Waals surface area contributed by atoms with Crippen molar-refractivity contribution < 1.29 is 32.7 Å². The number of pyridine rings is 1. The lowest BCUT2D eigenvalue weighted by Crippen LogP contribution is -2.46. The fraction of sp³-hybridized carbons (Fsp3) is 0.533. The molecule has 2 saturated carbocycles. The molecule has 2 aliphatic rings. The Morgan fingerprint density at radius 2 is 1.68 bits per heavy atom. The van der Waals surface area contributed by atoms with Crippen LogP contribution in [0.5, 0.6) is 0 Å². The highest BCUT2D eigenvalue weighted by Gasteiger charge is 2.41. The Morgan fingerprint density at radius 3 is 2.20 bits per heavy atom. The summed E-state index contributed by atoms with van der Waals surface area (Å²) in [6.45, 7) is 3.32. The van der Waals surface area contributed by atoms with E-state index in [0.29, 0.717) is 25.7 Å². The highest BCUT2D eigenvalue weighted by atomic mass is 35.5. The second-order valence-corrected chi connectivity index (χ2v) is 12.6. The molecule has 6 nitrogen and oxygen atoms in total. The summed E-state index contributed by atoms with van der Waals surface area (Å²) in [5, 5.41) is 9.27. The van der Waals surface area contributed by atoms with Gasteiger partial charge in [0, 0.05) is 30.8 Å². The molecule has 1 heterocycles. The summed E-state index contributed by atoms with van der Waals surface area (Å²) in [7, 11) is 0. The fourth-order valence-electron chi connectivity index (χ4n) is 6.00. The Morgan fingerprint density at radius 1 is 1.07 bits per heavy atom. The Hall–Kier alpha value is -2.65. The van der Waals surface area contributed by atoms with Crippen molar-refractivity contribution in [2.75, 3.05) is 13.1 Å². The van der Waals surface area contributed by atoms with E-state index in [9.17, 15) is 27.6 Å². The van der Waals surface area contributed by atoms with Gasteiger partial charge in [-0.2, -0.15) is 13.2 Å². The standard InChI is InChI=1S/C30H33Cl2F3N2O4/c1-17-10-22(31)27(23(32)11-17)25(38)15-37(16-29(2)8-3-9-29)28(41)20-14-36-24(13-21(20)30(33,34)35)19-6-4-18(5-7-19)12-26(39)40/h10-11,13-14,18-19H,3-9,12,15-16H2,1-2H3,(H,39,40). The highest BCUT2D eigenvalue weighted by Crippen LogP contribution is 2.43. The minimum Gasteiger partial charge on any atom is -0.481 e. The molecule has 0 unspecified atom stereocenters. The summed E-state index contributed by atoms with van der Waals surface area (Å²) in [6.07, 6.45) is 0.876. The van der Waals surface area contributed by atoms with Crippen molar-refractivity contribution >= 4 is 40.9 Å². The van der Waals surface area contributed by atoms with Crippen LogP contribution in [0.15, 0.2) is 24.4 Å². The van der Waals surface area contributed by atoms with E-state index in [1.165, 1.54) is 0 Å². The maximum atomic E-state index is 14.3. The number of hydrogen-bond acceptors (Lipinski definition) is 4. The normalized spacial score (nSPS) is 20.3. The van der Waals surface area contributed by atoms with E-state index in [4.69, 9.17) is 28.3 Å². The zero-order valence-electron chi connectivity index (χ0n) is 23.0. The minimum atomic E-state index is -4.83. The van der Waals surface area contributed by atoms with Gasteiger partial charge in [0.1, 0.15) is 0 Å². The van der Waals surface area contributed by atoms with E-state index < -0.39 is 41.5 Å². The first-order chi connectivity index (χ1) is 19.2. The number of aryl methyl sites for hydroxylation is 1. The average Bonchev–Trinajstić information content (AvgIpc) is 2.85. The lowest BCUT2D eigenvalue weighted by atomic mass is 9.70. The number of rotatable bonds is 9. The van der Waals surface area contributed by atoms with E-state index in [2.05, 4.69) is 4.98 Å². The highest BCUT2D eigenvalue weighted by molar-refractivity contribution is 6.40. The van der Waals surface area contributed by atoms with Crippen LogP contribution in [0.4, 0.5) is 13.2 Å². The summed E-state index contributed by atoms with van der Waals surface area (Å²) in [5.74, 6) is -2.65. The number of alkyl halides is 3. The maximum Gasteiger partial charge on any atom is 0.417 e. The number of carboxylic acid groups (broad SMARTS) is 1. The monoisotopic (exact) mass is 612 g/mol. The fourth-order valence-corrected chi connectivity index (χ4v) is 6.80. The first-order valence-corrected chi connectivity index (χ1v) is 14.5. The molecule has 0 spiro atoms. The average molecular weight is 614 g/mol. The predicted molar refractivity (Wildman–Crippen MR) is 150 cm³/mol. The SMILES string of the molecule is Cc1cc(Cl)c(C(=O)CN(CC2(C)CCC2)C(=O)c2cnc(C3CCC(CC(=O)O)CC3)cc2C(F)(F)F)c(Cl)c1. The second kappa shape index (κ2) is 12.3. The molecule has 2 fully saturated rings. The van der Waals surface area contributed by atoms with Crippen LogP contribution >= 0.6 is 23.2 Å². The van der Waals surface area contributed by atoms with Crippen LogP contribution < -0.4 is 0 Å². The predicted octanol–water partition coefficient (Wildman–Crippen LogP) is 7.98. The summed E-state index contributed by atoms with van der Waals surface area (Å²) in [6, 6.07) is 4.08. The van der Waals surface area contributed by atoms with Crippen LogP contribution in [0, 0.1) is 18.3 Å². The molecule has 222 valence electrons. The lowest BCUT2D eigenvalue weighted by molar-refractivity contribution is -0.139. The van der Waals surface area contributed by atoms with Crippen molar-refractivity contribution in [1.82, 2.24) is 9.88 Å². The number of amides is 1. The number of benzene rings is 1. The summed E-state index contributed by atoms with van der Waals surface area (Å²) in [5.41, 5.74) is -1.03. The lowest BCUT2D eigenvalue weighted by Gasteiger charge is -2.42. The van der Waals surface area contributed by atoms with Gasteiger partial charge in [-0.15, -0.1) is 0 Å². The Balaban J connectivity index is 1.63. The largest absolute Gasteiger partial charge is 0.481 e. The Bertz CT molecular complexity index is 1310. The number of carboxylic acids is 1. The van der Waals surface area contributed by atoms with Gasteiger partial charge >= 0.3 is 12.1 Å². The molecular formula is C30H33Cl2F3N2O4. The molecule has 0 atom stereocenters. The van der Waals surface area contributed by atoms with Crippen LogP contribution in [0.2, 0.25) is 10.0 Å². The molecular weight excluding hydrogens is 580 g/mol. The van der Waals surface area contributed by atoms with Crippen molar-refractivity contribution in [2.24, 2.45) is 11.3 Å². The molecule has 41 heavy (non-hydrogen) atoms. The molecule has 2 aromatic rings. The van der Waals surface area contributed by atoms with Crippen molar-refractivity contribution in [3.05, 3.63) is 62.4 Å². The first kappa shape index (κ1) is 31.3. The van der Waals surface area contributed by atoms with Crippen LogP contribution in [0.25, 0.3) is 0 Å². The van der Waals surface area contributed by atoms with E-state index in [1.54, 1.807) is 19.1 Å². The maximum absolute atomic E-state index is 14.3. The summed E-state index contributed by atoms with van der Waals surface area (Å²) >= 11 is 12.6. The van der Waals surface area contributed by atoms with Crippen molar-refractivity contribution in [2.45, 2.75) is 77.3 Å². The number of hydrogen-bond donors (Lipinski definition) is 1. The van der Waals surface area contributed by atoms with Crippen molar-refractivity contribution in [1.29, 1.82) is 0 Å². The van der Waals surface area contributed by atoms with E-state index >= 15 is 0 Å². The van der Waals surface area contributed by atoms with Gasteiger partial charge in [0.2, 0.25) is 0 Å². The van der Waals surface area contributed by atoms with Gasteiger partial charge in [-0.05, 0) is 80.5 Å². The molecule has 2 aliphatic carbocycles. The van der Waals surface area contributed by atoms with Gasteiger partial charge in [0.15, 0.2) is 5.78 Å². The van der Waals surface area contributed by atoms with Crippen molar-refractivity contribution in [3.8, 4) is 0 Å². The van der Waals surface area contributed by atoms with Crippen LogP contribution in [-0.4, -0.2) is 45.7 Å². The van der Waals surface area contributed by atoms with Crippen molar-refractivity contribution in [3.63, 3.8) is 0 Å². The van der Waals surface area contributed by atoms with Gasteiger partial charge in [-0.1, -0.05) is 36.5 Å². The summed E-state index contributed by atoms with van der Waals surface area (Å²) in [4.78, 5) is 43.6. The van der Waals surface area contributed by atoms with Crippen LogP contribution in [0.1, 0.15) is 102 Å². The van der Waals surface area contributed by atoms with E-state index in [-0.39, 0.29) is 51.5 Å². The second-order valence-electron chi connectivity index (χ2n) is 11.8. The number of halogens is 5. The third-order valence-electron chi connectivity index (χ3n) is 8.41. The van der Waals surface area contributed by atoms with Gasteiger partial charge in [0.05, 0.1) is 33.3 Å². The molecule has 0 bridgehead atoms. The number of Topliss-reactive ketones (excluding diaryl/α,β-unsaturated/α-hetero) is 1. The Labute approximate surface area is 247 Å². The topological polar surface area (TPSA) is 87.6 Å². The number of aromatic nitrogens is 1. The molecule has 4 rings (SSSR count). The summed E-state index contributed by atoms with van der Waals surface area (Å²) < 4.78 is 43.0. The molecule has 1 N–H and O–H groups in total. The van der Waals surface area contributed by atoms with Crippen LogP contribution in [0.3, 0.4) is 0 Å². The third-order valence-corrected chi connectivity index (χ3v) is 9.01. The molecule has 0 aliphatic heterocycles. The number of aliphatic carboxylic acids is 1. The minimum absolute atomic E-state index is 0.0128.